The average Bonchev–Trinajstić information content (AvgIpc) is 2.24. The first-order chi connectivity index (χ1) is 8.37. The molecule has 0 N–H and O–H groups in total. The van der Waals surface area contributed by atoms with Crippen LogP contribution in [0, 0.1) is 0 Å². The first-order valence-corrected chi connectivity index (χ1v) is 9.83. The summed E-state index contributed by atoms with van der Waals surface area (Å²) in [6.45, 7) is 12.7. The van der Waals surface area contributed by atoms with Crippen LogP contribution in [0.1, 0.15) is 18.9 Å². The maximum Gasteiger partial charge on any atom is 0.184 e. The molecule has 1 rings (SSSR count). The van der Waals surface area contributed by atoms with E-state index in [1.165, 1.54) is 5.56 Å². The number of benzene rings is 1. The van der Waals surface area contributed by atoms with Crippen molar-refractivity contribution >= 4 is 14.4 Å². The van der Waals surface area contributed by atoms with Gasteiger partial charge >= 0.3 is 0 Å². The summed E-state index contributed by atoms with van der Waals surface area (Å²) in [6.07, 6.45) is 5.33. The van der Waals surface area contributed by atoms with E-state index in [1.54, 1.807) is 0 Å². The van der Waals surface area contributed by atoms with E-state index < -0.39 is 8.32 Å². The molecule has 0 saturated heterocycles. The molecular weight excluding hydrogens is 236 g/mol. The molecule has 1 aromatic carbocycles. The number of rotatable bonds is 6. The van der Waals surface area contributed by atoms with Crippen LogP contribution in [-0.4, -0.2) is 14.4 Å². The molecule has 0 aliphatic rings. The minimum absolute atomic E-state index is 0.148. The van der Waals surface area contributed by atoms with E-state index in [1.807, 2.05) is 18.2 Å². The van der Waals surface area contributed by atoms with Crippen LogP contribution in [0.25, 0.3) is 6.08 Å². The molecule has 0 amide bonds. The molecule has 0 aliphatic carbocycles. The second kappa shape index (κ2) is 6.71. The van der Waals surface area contributed by atoms with E-state index in [2.05, 4.69) is 57.4 Å². The first-order valence-electron chi connectivity index (χ1n) is 6.42. The predicted molar refractivity (Wildman–Crippen MR) is 83.1 cm³/mol. The lowest BCUT2D eigenvalue weighted by atomic mass is 10.1. The Balaban J connectivity index is 2.72. The fourth-order valence-electron chi connectivity index (χ4n) is 1.73. The lowest BCUT2D eigenvalue weighted by Gasteiger charge is -2.24. The van der Waals surface area contributed by atoms with Gasteiger partial charge in [0.25, 0.3) is 0 Å². The van der Waals surface area contributed by atoms with Gasteiger partial charge in [0.15, 0.2) is 8.32 Å². The molecule has 0 radical (unpaired) electrons. The van der Waals surface area contributed by atoms with E-state index in [0.29, 0.717) is 0 Å². The molecule has 0 aromatic heterocycles. The van der Waals surface area contributed by atoms with Crippen molar-refractivity contribution in [1.82, 2.24) is 0 Å². The van der Waals surface area contributed by atoms with Gasteiger partial charge in [-0.2, -0.15) is 0 Å². The third kappa shape index (κ3) is 6.57. The number of hydrogen-bond donors (Lipinski definition) is 0. The highest BCUT2D eigenvalue weighted by Gasteiger charge is 2.19. The smallest absolute Gasteiger partial charge is 0.184 e. The molecule has 98 valence electrons. The van der Waals surface area contributed by atoms with E-state index in [0.717, 1.165) is 12.0 Å². The van der Waals surface area contributed by atoms with Gasteiger partial charge in [0.05, 0.1) is 6.10 Å². The molecule has 0 fully saturated rings. The van der Waals surface area contributed by atoms with E-state index >= 15 is 0 Å². The summed E-state index contributed by atoms with van der Waals surface area (Å²) >= 11 is 0. The summed E-state index contributed by atoms with van der Waals surface area (Å²) < 4.78 is 6.16. The monoisotopic (exact) mass is 260 g/mol. The lowest BCUT2D eigenvalue weighted by molar-refractivity contribution is 0.243. The number of hydrogen-bond acceptors (Lipinski definition) is 1. The molecule has 0 aliphatic heterocycles. The fraction of sp³-hybridized carbons (Fsp3) is 0.375. The van der Waals surface area contributed by atoms with Gasteiger partial charge in [-0.1, -0.05) is 48.1 Å². The summed E-state index contributed by atoms with van der Waals surface area (Å²) in [5.41, 5.74) is 2.37. The Kier molecular flexibility index (Phi) is 5.57. The maximum atomic E-state index is 6.16. The zero-order chi connectivity index (χ0) is 13.6. The van der Waals surface area contributed by atoms with E-state index in [9.17, 15) is 0 Å². The average molecular weight is 260 g/mol. The van der Waals surface area contributed by atoms with Crippen LogP contribution in [0.2, 0.25) is 19.6 Å². The van der Waals surface area contributed by atoms with Crippen molar-refractivity contribution in [3.05, 3.63) is 54.1 Å². The van der Waals surface area contributed by atoms with Crippen molar-refractivity contribution in [3.8, 4) is 0 Å². The zero-order valence-electron chi connectivity index (χ0n) is 11.9. The molecule has 0 bridgehead atoms. The third-order valence-corrected chi connectivity index (χ3v) is 3.37. The van der Waals surface area contributed by atoms with Crippen molar-refractivity contribution in [2.24, 2.45) is 0 Å². The van der Waals surface area contributed by atoms with Gasteiger partial charge in [0.2, 0.25) is 0 Å². The minimum Gasteiger partial charge on any atom is -0.411 e. The molecular formula is C16H24OSi. The van der Waals surface area contributed by atoms with Gasteiger partial charge in [0.1, 0.15) is 0 Å². The maximum absolute atomic E-state index is 6.16. The van der Waals surface area contributed by atoms with Gasteiger partial charge in [-0.05, 0) is 38.5 Å². The second-order valence-corrected chi connectivity index (χ2v) is 10.2. The van der Waals surface area contributed by atoms with Gasteiger partial charge in [-0.25, -0.2) is 0 Å². The summed E-state index contributed by atoms with van der Waals surface area (Å²) in [7, 11) is -1.52. The van der Waals surface area contributed by atoms with Crippen LogP contribution in [0.5, 0.6) is 0 Å². The highest BCUT2D eigenvalue weighted by atomic mass is 28.4. The quantitative estimate of drug-likeness (QED) is 0.523. The van der Waals surface area contributed by atoms with Gasteiger partial charge in [-0.3, -0.25) is 0 Å². The Hall–Kier alpha value is -1.12. The predicted octanol–water partition coefficient (Wildman–Crippen LogP) is 4.89. The molecule has 1 unspecified atom stereocenters. The lowest BCUT2D eigenvalue weighted by Crippen LogP contribution is -2.31. The van der Waals surface area contributed by atoms with Gasteiger partial charge in [0, 0.05) is 0 Å². The van der Waals surface area contributed by atoms with Crippen molar-refractivity contribution in [2.75, 3.05) is 0 Å². The van der Waals surface area contributed by atoms with Crippen LogP contribution in [-0.2, 0) is 4.43 Å². The summed E-state index contributed by atoms with van der Waals surface area (Å²) in [5, 5.41) is 0. The molecule has 2 heteroatoms. The Morgan fingerprint density at radius 1 is 1.28 bits per heavy atom. The Labute approximate surface area is 112 Å². The van der Waals surface area contributed by atoms with Crippen LogP contribution in [0.4, 0.5) is 0 Å². The molecule has 1 aromatic rings. The van der Waals surface area contributed by atoms with Crippen LogP contribution in [0.15, 0.2) is 48.6 Å². The Morgan fingerprint density at radius 3 is 2.39 bits per heavy atom. The van der Waals surface area contributed by atoms with Crippen molar-refractivity contribution < 1.29 is 4.43 Å². The molecule has 0 saturated carbocycles. The van der Waals surface area contributed by atoms with Crippen molar-refractivity contribution in [1.29, 1.82) is 0 Å². The van der Waals surface area contributed by atoms with Gasteiger partial charge < -0.3 is 4.43 Å². The van der Waals surface area contributed by atoms with Crippen LogP contribution >= 0.6 is 0 Å². The highest BCUT2D eigenvalue weighted by molar-refractivity contribution is 6.69. The largest absolute Gasteiger partial charge is 0.411 e. The Morgan fingerprint density at radius 2 is 1.89 bits per heavy atom. The standard InChI is InChI=1S/C16H24OSi/c1-14(2)13-16(17-18(3,4)5)12-11-15-9-7-6-8-10-15/h6-12,16H,1,13H2,2-5H3/b12-11+. The van der Waals surface area contributed by atoms with E-state index in [-0.39, 0.29) is 6.10 Å². The first kappa shape index (κ1) is 14.9. The fourth-order valence-corrected chi connectivity index (χ4v) is 2.80. The molecule has 18 heavy (non-hydrogen) atoms. The normalized spacial score (nSPS) is 13.8. The molecule has 1 atom stereocenters. The second-order valence-electron chi connectivity index (χ2n) is 5.70. The summed E-state index contributed by atoms with van der Waals surface area (Å²) in [6, 6.07) is 10.3. The van der Waals surface area contributed by atoms with Crippen molar-refractivity contribution in [2.45, 2.75) is 39.1 Å². The highest BCUT2D eigenvalue weighted by Crippen LogP contribution is 2.16. The molecule has 0 heterocycles. The topological polar surface area (TPSA) is 9.23 Å². The Bertz CT molecular complexity index is 401. The third-order valence-electron chi connectivity index (χ3n) is 2.36. The molecule has 1 nitrogen and oxygen atoms in total. The van der Waals surface area contributed by atoms with Crippen LogP contribution < -0.4 is 0 Å². The van der Waals surface area contributed by atoms with Crippen molar-refractivity contribution in [3.63, 3.8) is 0 Å². The summed E-state index contributed by atoms with van der Waals surface area (Å²) in [4.78, 5) is 0. The summed E-state index contributed by atoms with van der Waals surface area (Å²) in [5.74, 6) is 0. The zero-order valence-corrected chi connectivity index (χ0v) is 12.9. The van der Waals surface area contributed by atoms with Gasteiger partial charge in [-0.15, -0.1) is 6.58 Å². The van der Waals surface area contributed by atoms with E-state index in [4.69, 9.17) is 4.43 Å². The SMILES string of the molecule is C=C(C)CC(/C=C/c1ccccc1)O[Si](C)(C)C. The molecule has 0 spiro atoms. The minimum atomic E-state index is -1.52. The van der Waals surface area contributed by atoms with Crippen LogP contribution in [0.3, 0.4) is 0 Å².